The molecule has 1 amide bonds. The van der Waals surface area contributed by atoms with Crippen LogP contribution in [0.5, 0.6) is 0 Å². The molecule has 1 aliphatic rings. The van der Waals surface area contributed by atoms with Gasteiger partial charge < -0.3 is 10.1 Å². The van der Waals surface area contributed by atoms with E-state index < -0.39 is 31.4 Å². The maximum absolute atomic E-state index is 12.8. The van der Waals surface area contributed by atoms with Crippen LogP contribution in [0.1, 0.15) is 23.2 Å². The highest BCUT2D eigenvalue weighted by atomic mass is 35.5. The Balaban J connectivity index is 1.83. The summed E-state index contributed by atoms with van der Waals surface area (Å²) in [6.45, 7) is 0.970. The number of para-hydroxylation sites is 1. The van der Waals surface area contributed by atoms with Crippen LogP contribution in [0.15, 0.2) is 47.4 Å². The van der Waals surface area contributed by atoms with Crippen molar-refractivity contribution < 1.29 is 22.9 Å². The van der Waals surface area contributed by atoms with E-state index in [1.165, 1.54) is 12.1 Å². The van der Waals surface area contributed by atoms with Crippen molar-refractivity contribution in [3.8, 4) is 0 Å². The number of hydrogen-bond donors (Lipinski definition) is 2. The van der Waals surface area contributed by atoms with Crippen LogP contribution < -0.4 is 10.0 Å². The molecule has 2 aromatic carbocycles. The molecule has 3 rings (SSSR count). The van der Waals surface area contributed by atoms with E-state index in [1.54, 1.807) is 12.1 Å². The fourth-order valence-corrected chi connectivity index (χ4v) is 4.49. The molecule has 0 aromatic heterocycles. The minimum absolute atomic E-state index is 0.0277. The summed E-state index contributed by atoms with van der Waals surface area (Å²) >= 11 is 5.94. The largest absolute Gasteiger partial charge is 0.376 e. The summed E-state index contributed by atoms with van der Waals surface area (Å²) < 4.78 is 33.3. The van der Waals surface area contributed by atoms with E-state index in [0.717, 1.165) is 31.0 Å². The number of sulfonamides is 1. The maximum Gasteiger partial charge on any atom is 0.270 e. The number of nitrogens with zero attached hydrogens (tertiary/aromatic N) is 1. The number of non-ortho nitro benzene ring substituents is 1. The van der Waals surface area contributed by atoms with Crippen molar-refractivity contribution in [2.45, 2.75) is 23.8 Å². The first-order valence-corrected chi connectivity index (χ1v) is 10.6. The predicted molar refractivity (Wildman–Crippen MR) is 107 cm³/mol. The average molecular weight is 440 g/mol. The summed E-state index contributed by atoms with van der Waals surface area (Å²) in [5, 5.41) is 13.5. The molecule has 154 valence electrons. The summed E-state index contributed by atoms with van der Waals surface area (Å²) in [7, 11) is -4.28. The van der Waals surface area contributed by atoms with E-state index in [0.29, 0.717) is 13.2 Å². The monoisotopic (exact) mass is 439 g/mol. The smallest absolute Gasteiger partial charge is 0.270 e. The van der Waals surface area contributed by atoms with E-state index in [9.17, 15) is 23.3 Å². The number of rotatable bonds is 7. The van der Waals surface area contributed by atoms with E-state index in [1.807, 2.05) is 0 Å². The van der Waals surface area contributed by atoms with Crippen molar-refractivity contribution in [1.29, 1.82) is 0 Å². The van der Waals surface area contributed by atoms with Crippen molar-refractivity contribution in [3.63, 3.8) is 0 Å². The maximum atomic E-state index is 12.8. The summed E-state index contributed by atoms with van der Waals surface area (Å²) in [4.78, 5) is 22.3. The number of benzene rings is 2. The molecule has 9 nitrogen and oxygen atoms in total. The molecule has 1 atom stereocenters. The first kappa shape index (κ1) is 21.0. The van der Waals surface area contributed by atoms with Gasteiger partial charge in [0.25, 0.3) is 21.6 Å². The zero-order valence-corrected chi connectivity index (χ0v) is 16.7. The van der Waals surface area contributed by atoms with E-state index in [2.05, 4.69) is 10.0 Å². The molecule has 1 aliphatic heterocycles. The Morgan fingerprint density at radius 1 is 1.28 bits per heavy atom. The van der Waals surface area contributed by atoms with Gasteiger partial charge in [-0.2, -0.15) is 0 Å². The van der Waals surface area contributed by atoms with Gasteiger partial charge in [-0.15, -0.1) is 0 Å². The van der Waals surface area contributed by atoms with Crippen molar-refractivity contribution in [3.05, 3.63) is 63.2 Å². The molecule has 2 N–H and O–H groups in total. The molecule has 0 bridgehead atoms. The highest BCUT2D eigenvalue weighted by Gasteiger charge is 2.24. The van der Waals surface area contributed by atoms with Gasteiger partial charge in [-0.05, 0) is 31.0 Å². The second-order valence-corrected chi connectivity index (χ2v) is 8.43. The Morgan fingerprint density at radius 2 is 2.03 bits per heavy atom. The third kappa shape index (κ3) is 5.03. The second kappa shape index (κ2) is 8.76. The molecule has 1 saturated heterocycles. The lowest BCUT2D eigenvalue weighted by atomic mass is 10.1. The predicted octanol–water partition coefficient (Wildman–Crippen LogP) is 2.96. The summed E-state index contributed by atoms with van der Waals surface area (Å²) in [5.74, 6) is -0.469. The van der Waals surface area contributed by atoms with Crippen molar-refractivity contribution >= 4 is 38.9 Å². The minimum atomic E-state index is -4.28. The first-order chi connectivity index (χ1) is 13.8. The number of carbonyl (C=O) groups is 1. The second-order valence-electron chi connectivity index (χ2n) is 6.37. The Kier molecular flexibility index (Phi) is 6.36. The number of amides is 1. The summed E-state index contributed by atoms with van der Waals surface area (Å²) in [5.41, 5.74) is -0.284. The molecule has 0 aliphatic carbocycles. The molecule has 0 spiro atoms. The number of hydrogen-bond acceptors (Lipinski definition) is 6. The van der Waals surface area contributed by atoms with Gasteiger partial charge >= 0.3 is 0 Å². The van der Waals surface area contributed by atoms with Crippen molar-refractivity contribution in [2.75, 3.05) is 17.9 Å². The molecule has 2 aromatic rings. The fourth-order valence-electron chi connectivity index (χ4n) is 2.89. The molecule has 1 fully saturated rings. The average Bonchev–Trinajstić information content (AvgIpc) is 3.20. The van der Waals surface area contributed by atoms with Crippen LogP contribution in [0.25, 0.3) is 0 Å². The number of carbonyl (C=O) groups excluding carboxylic acids is 1. The van der Waals surface area contributed by atoms with Crippen LogP contribution >= 0.6 is 11.6 Å². The quantitative estimate of drug-likeness (QED) is 0.504. The molecule has 0 saturated carbocycles. The molecule has 11 heteroatoms. The van der Waals surface area contributed by atoms with Gasteiger partial charge in [0.15, 0.2) is 0 Å². The molecule has 29 heavy (non-hydrogen) atoms. The third-order valence-corrected chi connectivity index (χ3v) is 6.19. The van der Waals surface area contributed by atoms with Crippen LogP contribution in [0.3, 0.4) is 0 Å². The fraction of sp³-hybridized carbons (Fsp3) is 0.278. The number of nitro benzene ring substituents is 1. The zero-order valence-electron chi connectivity index (χ0n) is 15.1. The standard InChI is InChI=1S/C18H18ClN3O6S/c19-15-8-7-12(22(24)25)10-17(15)29(26,27)21-16-6-2-1-5-14(16)18(23)20-11-13-4-3-9-28-13/h1-2,5-8,10,13,21H,3-4,9,11H2,(H,20,23)/t13-/m0/s1. The number of anilines is 1. The van der Waals surface area contributed by atoms with Crippen LogP contribution in [0.2, 0.25) is 5.02 Å². The van der Waals surface area contributed by atoms with E-state index in [4.69, 9.17) is 16.3 Å². The molecule has 0 unspecified atom stereocenters. The van der Waals surface area contributed by atoms with Crippen molar-refractivity contribution in [1.82, 2.24) is 5.32 Å². The number of ether oxygens (including phenoxy) is 1. The van der Waals surface area contributed by atoms with Gasteiger partial charge in [0.05, 0.1) is 27.3 Å². The van der Waals surface area contributed by atoms with Gasteiger partial charge in [-0.3, -0.25) is 19.6 Å². The summed E-state index contributed by atoms with van der Waals surface area (Å²) in [6.07, 6.45) is 1.72. The van der Waals surface area contributed by atoms with E-state index in [-0.39, 0.29) is 22.4 Å². The minimum Gasteiger partial charge on any atom is -0.376 e. The highest BCUT2D eigenvalue weighted by molar-refractivity contribution is 7.92. The van der Waals surface area contributed by atoms with Gasteiger partial charge in [0, 0.05) is 25.3 Å². The number of nitrogens with one attached hydrogen (secondary N) is 2. The lowest BCUT2D eigenvalue weighted by Gasteiger charge is -2.15. The Morgan fingerprint density at radius 3 is 2.72 bits per heavy atom. The number of halogens is 1. The van der Waals surface area contributed by atoms with Crippen LogP contribution in [-0.4, -0.2) is 38.5 Å². The van der Waals surface area contributed by atoms with E-state index >= 15 is 0 Å². The van der Waals surface area contributed by atoms with Gasteiger partial charge in [-0.25, -0.2) is 8.42 Å². The first-order valence-electron chi connectivity index (χ1n) is 8.73. The molecular formula is C18H18ClN3O6S. The number of nitro groups is 1. The van der Waals surface area contributed by atoms with Gasteiger partial charge in [-0.1, -0.05) is 23.7 Å². The Bertz CT molecular complexity index is 1040. The normalized spacial score (nSPS) is 16.4. The topological polar surface area (TPSA) is 128 Å². The Labute approximate surface area is 172 Å². The van der Waals surface area contributed by atoms with Gasteiger partial charge in [0.1, 0.15) is 4.90 Å². The molecule has 1 heterocycles. The van der Waals surface area contributed by atoms with Crippen molar-refractivity contribution in [2.24, 2.45) is 0 Å². The third-order valence-electron chi connectivity index (χ3n) is 4.35. The highest BCUT2D eigenvalue weighted by Crippen LogP contribution is 2.28. The SMILES string of the molecule is O=C(NC[C@@H]1CCCO1)c1ccccc1NS(=O)(=O)c1cc([N+](=O)[O-])ccc1Cl. The van der Waals surface area contributed by atoms with Crippen LogP contribution in [0.4, 0.5) is 11.4 Å². The van der Waals surface area contributed by atoms with Crippen LogP contribution in [0, 0.1) is 10.1 Å². The van der Waals surface area contributed by atoms with Gasteiger partial charge in [0.2, 0.25) is 0 Å². The Hall–Kier alpha value is -2.69. The molecule has 0 radical (unpaired) electrons. The zero-order chi connectivity index (χ0) is 21.0. The lowest BCUT2D eigenvalue weighted by molar-refractivity contribution is -0.385. The molecular weight excluding hydrogens is 422 g/mol. The summed E-state index contributed by atoms with van der Waals surface area (Å²) in [6, 6.07) is 9.15. The van der Waals surface area contributed by atoms with Crippen LogP contribution in [-0.2, 0) is 14.8 Å². The lowest BCUT2D eigenvalue weighted by Crippen LogP contribution is -2.32.